The summed E-state index contributed by atoms with van der Waals surface area (Å²) in [5, 5.41) is 12.0. The van der Waals surface area contributed by atoms with Gasteiger partial charge in [0.25, 0.3) is 0 Å². The van der Waals surface area contributed by atoms with Crippen LogP contribution >= 0.6 is 0 Å². The van der Waals surface area contributed by atoms with Crippen LogP contribution in [0.4, 0.5) is 5.69 Å². The van der Waals surface area contributed by atoms with Gasteiger partial charge >= 0.3 is 5.97 Å². The lowest BCUT2D eigenvalue weighted by atomic mass is 10.1. The van der Waals surface area contributed by atoms with E-state index >= 15 is 0 Å². The van der Waals surface area contributed by atoms with Crippen molar-refractivity contribution in [1.29, 1.82) is 0 Å². The van der Waals surface area contributed by atoms with Gasteiger partial charge in [-0.2, -0.15) is 0 Å². The average molecular weight is 217 g/mol. The van der Waals surface area contributed by atoms with Crippen LogP contribution in [0.3, 0.4) is 0 Å². The summed E-state index contributed by atoms with van der Waals surface area (Å²) in [6, 6.07) is 5.05. The van der Waals surface area contributed by atoms with Gasteiger partial charge in [-0.1, -0.05) is 0 Å². The summed E-state index contributed by atoms with van der Waals surface area (Å²) >= 11 is 0. The maximum Gasteiger partial charge on any atom is 0.335 e. The van der Waals surface area contributed by atoms with Crippen molar-refractivity contribution >= 4 is 11.7 Å². The third-order valence-electron chi connectivity index (χ3n) is 2.22. The first-order chi connectivity index (χ1) is 7.65. The Kier molecular flexibility index (Phi) is 4.41. The molecule has 16 heavy (non-hydrogen) atoms. The van der Waals surface area contributed by atoms with Crippen molar-refractivity contribution in [2.75, 3.05) is 11.9 Å². The smallest absolute Gasteiger partial charge is 0.335 e. The molecular weight excluding hydrogens is 202 g/mol. The molecule has 3 nitrogen and oxygen atoms in total. The first-order valence-electron chi connectivity index (χ1n) is 5.12. The fraction of sp³-hybridized carbons (Fsp3) is 0.308. The molecular formula is C13H15NO2. The van der Waals surface area contributed by atoms with Crippen LogP contribution in [0, 0.1) is 18.8 Å². The Balaban J connectivity index is 2.67. The number of aromatic carboxylic acids is 1. The monoisotopic (exact) mass is 217 g/mol. The van der Waals surface area contributed by atoms with Gasteiger partial charge in [0, 0.05) is 18.7 Å². The molecule has 1 aromatic rings. The molecule has 0 aliphatic rings. The van der Waals surface area contributed by atoms with Crippen molar-refractivity contribution in [3.8, 4) is 11.8 Å². The fourth-order valence-corrected chi connectivity index (χ4v) is 1.38. The van der Waals surface area contributed by atoms with Crippen LogP contribution in [0.2, 0.25) is 0 Å². The van der Waals surface area contributed by atoms with E-state index in [1.54, 1.807) is 18.2 Å². The third kappa shape index (κ3) is 3.32. The molecule has 84 valence electrons. The lowest BCUT2D eigenvalue weighted by Gasteiger charge is -2.08. The van der Waals surface area contributed by atoms with Gasteiger partial charge in [-0.15, -0.1) is 11.8 Å². The zero-order chi connectivity index (χ0) is 12.0. The number of carboxylic acid groups (broad SMARTS) is 1. The largest absolute Gasteiger partial charge is 0.478 e. The molecule has 0 amide bonds. The summed E-state index contributed by atoms with van der Waals surface area (Å²) in [5.74, 6) is 4.89. The minimum absolute atomic E-state index is 0.316. The van der Waals surface area contributed by atoms with E-state index in [0.29, 0.717) is 5.56 Å². The number of carbonyl (C=O) groups is 1. The molecule has 0 aromatic heterocycles. The van der Waals surface area contributed by atoms with Gasteiger partial charge in [0.05, 0.1) is 5.56 Å². The Morgan fingerprint density at radius 1 is 1.50 bits per heavy atom. The molecule has 0 aliphatic carbocycles. The number of carboxylic acids is 1. The van der Waals surface area contributed by atoms with Gasteiger partial charge in [0.2, 0.25) is 0 Å². The Hall–Kier alpha value is -1.95. The highest BCUT2D eigenvalue weighted by atomic mass is 16.4. The van der Waals surface area contributed by atoms with Crippen LogP contribution in [0.15, 0.2) is 18.2 Å². The third-order valence-corrected chi connectivity index (χ3v) is 2.22. The van der Waals surface area contributed by atoms with Gasteiger partial charge in [0.1, 0.15) is 0 Å². The standard InChI is InChI=1S/C13H15NO2/c1-3-4-5-8-14-12-7-6-11(13(15)16)9-10(12)2/h6-7,9,14H,5,8H2,1-2H3,(H,15,16). The van der Waals surface area contributed by atoms with E-state index in [1.807, 2.05) is 13.8 Å². The number of hydrogen-bond acceptors (Lipinski definition) is 2. The van der Waals surface area contributed by atoms with Crippen molar-refractivity contribution in [3.63, 3.8) is 0 Å². The first-order valence-corrected chi connectivity index (χ1v) is 5.12. The zero-order valence-electron chi connectivity index (χ0n) is 9.50. The SMILES string of the molecule is CC#CCCNc1ccc(C(=O)O)cc1C. The van der Waals surface area contributed by atoms with Gasteiger partial charge in [-0.05, 0) is 37.6 Å². The Bertz CT molecular complexity index is 441. The van der Waals surface area contributed by atoms with Crippen LogP contribution in [-0.4, -0.2) is 17.6 Å². The van der Waals surface area contributed by atoms with E-state index in [-0.39, 0.29) is 0 Å². The zero-order valence-corrected chi connectivity index (χ0v) is 9.50. The molecule has 0 heterocycles. The van der Waals surface area contributed by atoms with Crippen LogP contribution < -0.4 is 5.32 Å². The lowest BCUT2D eigenvalue weighted by Crippen LogP contribution is -2.04. The molecule has 3 heteroatoms. The van der Waals surface area contributed by atoms with Crippen molar-refractivity contribution < 1.29 is 9.90 Å². The summed E-state index contributed by atoms with van der Waals surface area (Å²) < 4.78 is 0. The highest BCUT2D eigenvalue weighted by Gasteiger charge is 2.04. The highest BCUT2D eigenvalue weighted by Crippen LogP contribution is 2.16. The van der Waals surface area contributed by atoms with Gasteiger partial charge in [-0.3, -0.25) is 0 Å². The lowest BCUT2D eigenvalue weighted by molar-refractivity contribution is 0.0697. The topological polar surface area (TPSA) is 49.3 Å². The molecule has 0 fully saturated rings. The summed E-state index contributed by atoms with van der Waals surface area (Å²) in [4.78, 5) is 10.7. The predicted molar refractivity (Wildman–Crippen MR) is 64.7 cm³/mol. The number of benzene rings is 1. The molecule has 0 spiro atoms. The maximum absolute atomic E-state index is 10.7. The number of anilines is 1. The molecule has 2 N–H and O–H groups in total. The molecule has 0 radical (unpaired) electrons. The summed E-state index contributed by atoms with van der Waals surface area (Å²) in [6.45, 7) is 4.47. The molecule has 1 aromatic carbocycles. The number of aryl methyl sites for hydroxylation is 1. The molecule has 0 bridgehead atoms. The van der Waals surface area contributed by atoms with Crippen molar-refractivity contribution in [1.82, 2.24) is 0 Å². The molecule has 0 saturated carbocycles. The number of hydrogen-bond donors (Lipinski definition) is 2. The fourth-order valence-electron chi connectivity index (χ4n) is 1.38. The molecule has 1 rings (SSSR count). The second-order valence-electron chi connectivity index (χ2n) is 3.44. The van der Waals surface area contributed by atoms with Gasteiger partial charge < -0.3 is 10.4 Å². The predicted octanol–water partition coefficient (Wildman–Crippen LogP) is 2.52. The van der Waals surface area contributed by atoms with E-state index in [9.17, 15) is 4.79 Å². The van der Waals surface area contributed by atoms with Crippen molar-refractivity contribution in [2.24, 2.45) is 0 Å². The highest BCUT2D eigenvalue weighted by molar-refractivity contribution is 5.88. The van der Waals surface area contributed by atoms with Gasteiger partial charge in [-0.25, -0.2) is 4.79 Å². The molecule has 0 atom stereocenters. The molecule has 0 saturated heterocycles. The normalized spacial score (nSPS) is 9.12. The van der Waals surface area contributed by atoms with Crippen LogP contribution in [0.25, 0.3) is 0 Å². The van der Waals surface area contributed by atoms with Crippen LogP contribution in [0.5, 0.6) is 0 Å². The second-order valence-corrected chi connectivity index (χ2v) is 3.44. The van der Waals surface area contributed by atoms with E-state index in [4.69, 9.17) is 5.11 Å². The van der Waals surface area contributed by atoms with Crippen LogP contribution in [0.1, 0.15) is 29.3 Å². The average Bonchev–Trinajstić information content (AvgIpc) is 2.26. The molecule has 0 aliphatic heterocycles. The van der Waals surface area contributed by atoms with Gasteiger partial charge in [0.15, 0.2) is 0 Å². The maximum atomic E-state index is 10.7. The first kappa shape index (κ1) is 12.1. The second kappa shape index (κ2) is 5.82. The summed E-state index contributed by atoms with van der Waals surface area (Å²) in [7, 11) is 0. The summed E-state index contributed by atoms with van der Waals surface area (Å²) in [5.41, 5.74) is 2.21. The van der Waals surface area contributed by atoms with E-state index in [2.05, 4.69) is 17.2 Å². The number of nitrogens with one attached hydrogen (secondary N) is 1. The minimum atomic E-state index is -0.897. The minimum Gasteiger partial charge on any atom is -0.478 e. The van der Waals surface area contributed by atoms with E-state index in [0.717, 1.165) is 24.2 Å². The van der Waals surface area contributed by atoms with Crippen LogP contribution in [-0.2, 0) is 0 Å². The Morgan fingerprint density at radius 2 is 2.25 bits per heavy atom. The number of rotatable bonds is 4. The Labute approximate surface area is 95.5 Å². The summed E-state index contributed by atoms with van der Waals surface area (Å²) in [6.07, 6.45) is 0.788. The molecule has 0 unspecified atom stereocenters. The Morgan fingerprint density at radius 3 is 2.81 bits per heavy atom. The van der Waals surface area contributed by atoms with Crippen molar-refractivity contribution in [2.45, 2.75) is 20.3 Å². The van der Waals surface area contributed by atoms with E-state index < -0.39 is 5.97 Å². The quantitative estimate of drug-likeness (QED) is 0.602. The van der Waals surface area contributed by atoms with E-state index in [1.165, 1.54) is 0 Å². The van der Waals surface area contributed by atoms with Crippen molar-refractivity contribution in [3.05, 3.63) is 29.3 Å².